The number of pyridine rings is 1. The van der Waals surface area contributed by atoms with Gasteiger partial charge in [-0.25, -0.2) is 0 Å². The van der Waals surface area contributed by atoms with E-state index in [-0.39, 0.29) is 17.8 Å². The molecule has 0 N–H and O–H groups in total. The molecule has 0 bridgehead atoms. The van der Waals surface area contributed by atoms with Gasteiger partial charge in [0.2, 0.25) is 0 Å². The summed E-state index contributed by atoms with van der Waals surface area (Å²) in [6.45, 7) is 0. The molecule has 0 atom stereocenters. The number of Topliss-reactive ketones (excluding diaryl/α,β-unsaturated/α-hetero) is 1. The molecular weight excluding hydrogens is 166 g/mol. The smallest absolute Gasteiger partial charge is 0.170 e. The van der Waals surface area contributed by atoms with Crippen LogP contribution in [0.1, 0.15) is 11.3 Å². The van der Waals surface area contributed by atoms with Crippen molar-refractivity contribution in [3.05, 3.63) is 35.2 Å². The fraction of sp³-hybridized carbons (Fsp3) is 0.100. The van der Waals surface area contributed by atoms with Crippen LogP contribution in [-0.2, 0) is 16.0 Å². The first-order valence-corrected chi connectivity index (χ1v) is 3.95. The van der Waals surface area contributed by atoms with Gasteiger partial charge >= 0.3 is 0 Å². The molecule has 2 rings (SSSR count). The van der Waals surface area contributed by atoms with E-state index in [1.54, 1.807) is 12.3 Å². The summed E-state index contributed by atoms with van der Waals surface area (Å²) >= 11 is 0. The molecule has 1 aromatic rings. The Balaban J connectivity index is 2.56. The Morgan fingerprint density at radius 1 is 1.46 bits per heavy atom. The molecule has 1 aliphatic rings. The number of rotatable bonds is 1. The van der Waals surface area contributed by atoms with Gasteiger partial charge in [0.05, 0.1) is 11.3 Å². The normalized spacial score (nSPS) is 14.8. The summed E-state index contributed by atoms with van der Waals surface area (Å²) in [5.74, 6) is -0.129. The van der Waals surface area contributed by atoms with E-state index in [0.29, 0.717) is 6.29 Å². The Morgan fingerprint density at radius 3 is 3.08 bits per heavy atom. The van der Waals surface area contributed by atoms with Crippen molar-refractivity contribution in [2.45, 2.75) is 6.42 Å². The van der Waals surface area contributed by atoms with Crippen molar-refractivity contribution in [2.24, 2.45) is 0 Å². The zero-order chi connectivity index (χ0) is 9.26. The van der Waals surface area contributed by atoms with Gasteiger partial charge in [-0.15, -0.1) is 0 Å². The zero-order valence-corrected chi connectivity index (χ0v) is 6.86. The van der Waals surface area contributed by atoms with Crippen molar-refractivity contribution < 1.29 is 9.59 Å². The number of ketones is 1. The SMILES string of the molecule is O=CC1=Cc2ncccc2CC1=O. The van der Waals surface area contributed by atoms with Crippen molar-refractivity contribution in [3.8, 4) is 0 Å². The number of hydrogen-bond acceptors (Lipinski definition) is 3. The van der Waals surface area contributed by atoms with E-state index in [1.807, 2.05) is 6.07 Å². The third kappa shape index (κ3) is 1.28. The lowest BCUT2D eigenvalue weighted by atomic mass is 9.95. The Morgan fingerprint density at radius 2 is 2.31 bits per heavy atom. The lowest BCUT2D eigenvalue weighted by molar-refractivity contribution is -0.117. The molecule has 3 heteroatoms. The Hall–Kier alpha value is -1.77. The molecule has 0 fully saturated rings. The maximum Gasteiger partial charge on any atom is 0.170 e. The summed E-state index contributed by atoms with van der Waals surface area (Å²) in [4.78, 5) is 25.8. The van der Waals surface area contributed by atoms with Crippen LogP contribution in [0.25, 0.3) is 6.08 Å². The van der Waals surface area contributed by atoms with E-state index in [2.05, 4.69) is 4.98 Å². The first kappa shape index (κ1) is 7.86. The van der Waals surface area contributed by atoms with Crippen molar-refractivity contribution in [1.29, 1.82) is 0 Å². The number of hydrogen-bond donors (Lipinski definition) is 0. The van der Waals surface area contributed by atoms with Crippen LogP contribution in [0.5, 0.6) is 0 Å². The summed E-state index contributed by atoms with van der Waals surface area (Å²) < 4.78 is 0. The molecule has 3 nitrogen and oxygen atoms in total. The van der Waals surface area contributed by atoms with E-state index in [4.69, 9.17) is 0 Å². The van der Waals surface area contributed by atoms with E-state index in [9.17, 15) is 9.59 Å². The number of aldehydes is 1. The van der Waals surface area contributed by atoms with E-state index >= 15 is 0 Å². The second-order valence-electron chi connectivity index (χ2n) is 2.87. The molecular formula is C10H7NO2. The van der Waals surface area contributed by atoms with Gasteiger partial charge in [0.1, 0.15) is 0 Å². The Bertz CT molecular complexity index is 407. The van der Waals surface area contributed by atoms with Crippen LogP contribution < -0.4 is 0 Å². The molecule has 0 spiro atoms. The lowest BCUT2D eigenvalue weighted by Gasteiger charge is -2.09. The average Bonchev–Trinajstić information content (AvgIpc) is 2.17. The van der Waals surface area contributed by atoms with Crippen LogP contribution in [0.2, 0.25) is 0 Å². The van der Waals surface area contributed by atoms with Crippen LogP contribution in [0.15, 0.2) is 23.9 Å². The highest BCUT2D eigenvalue weighted by Gasteiger charge is 2.17. The van der Waals surface area contributed by atoms with Crippen LogP contribution in [0.4, 0.5) is 0 Å². The molecule has 13 heavy (non-hydrogen) atoms. The lowest BCUT2D eigenvalue weighted by Crippen LogP contribution is -2.13. The van der Waals surface area contributed by atoms with Crippen LogP contribution in [-0.4, -0.2) is 17.1 Å². The Labute approximate surface area is 75.1 Å². The minimum absolute atomic E-state index is 0.129. The first-order valence-electron chi connectivity index (χ1n) is 3.95. The first-order chi connectivity index (χ1) is 6.31. The van der Waals surface area contributed by atoms with Crippen molar-refractivity contribution in [2.75, 3.05) is 0 Å². The highest BCUT2D eigenvalue weighted by atomic mass is 16.1. The molecule has 64 valence electrons. The van der Waals surface area contributed by atoms with Crippen LogP contribution >= 0.6 is 0 Å². The maximum absolute atomic E-state index is 11.3. The number of fused-ring (bicyclic) bond motifs is 1. The predicted octanol–water partition coefficient (Wildman–Crippen LogP) is 0.789. The van der Waals surface area contributed by atoms with Crippen LogP contribution in [0, 0.1) is 0 Å². The monoisotopic (exact) mass is 173 g/mol. The Kier molecular flexibility index (Phi) is 1.77. The number of nitrogens with zero attached hydrogens (tertiary/aromatic N) is 1. The van der Waals surface area contributed by atoms with Gasteiger partial charge in [-0.3, -0.25) is 14.6 Å². The molecule has 0 saturated carbocycles. The van der Waals surface area contributed by atoms with Gasteiger partial charge in [0, 0.05) is 12.6 Å². The number of allylic oxidation sites excluding steroid dienone is 1. The minimum atomic E-state index is -0.129. The van der Waals surface area contributed by atoms with Gasteiger partial charge in [-0.2, -0.15) is 0 Å². The standard InChI is InChI=1S/C10H7NO2/c12-6-8-4-9-7(5-10(8)13)2-1-3-11-9/h1-4,6H,5H2. The van der Waals surface area contributed by atoms with Gasteiger partial charge in [-0.1, -0.05) is 6.07 Å². The molecule has 0 saturated heterocycles. The fourth-order valence-electron chi connectivity index (χ4n) is 1.33. The zero-order valence-electron chi connectivity index (χ0n) is 6.86. The van der Waals surface area contributed by atoms with E-state index in [1.165, 1.54) is 6.08 Å². The predicted molar refractivity (Wildman–Crippen MR) is 47.0 cm³/mol. The molecule has 0 radical (unpaired) electrons. The van der Waals surface area contributed by atoms with Gasteiger partial charge in [0.25, 0.3) is 0 Å². The molecule has 0 aliphatic heterocycles. The maximum atomic E-state index is 11.3. The van der Waals surface area contributed by atoms with Crippen LogP contribution in [0.3, 0.4) is 0 Å². The summed E-state index contributed by atoms with van der Waals surface area (Å²) in [7, 11) is 0. The molecule has 1 heterocycles. The summed E-state index contributed by atoms with van der Waals surface area (Å²) in [5, 5.41) is 0. The molecule has 0 aromatic carbocycles. The minimum Gasteiger partial charge on any atom is -0.298 e. The second kappa shape index (κ2) is 2.94. The van der Waals surface area contributed by atoms with Crippen molar-refractivity contribution in [1.82, 2.24) is 4.98 Å². The summed E-state index contributed by atoms with van der Waals surface area (Å²) in [6.07, 6.45) is 4.05. The average molecular weight is 173 g/mol. The highest BCUT2D eigenvalue weighted by molar-refractivity contribution is 6.17. The fourth-order valence-corrected chi connectivity index (χ4v) is 1.33. The van der Waals surface area contributed by atoms with E-state index in [0.717, 1.165) is 11.3 Å². The number of carbonyl (C=O) groups excluding carboxylic acids is 2. The van der Waals surface area contributed by atoms with Gasteiger partial charge < -0.3 is 0 Å². The molecule has 1 aliphatic carbocycles. The topological polar surface area (TPSA) is 47.0 Å². The largest absolute Gasteiger partial charge is 0.298 e. The molecule has 0 unspecified atom stereocenters. The van der Waals surface area contributed by atoms with Gasteiger partial charge in [0.15, 0.2) is 12.1 Å². The third-order valence-corrected chi connectivity index (χ3v) is 2.02. The van der Waals surface area contributed by atoms with Crippen molar-refractivity contribution >= 4 is 18.1 Å². The number of carbonyl (C=O) groups is 2. The quantitative estimate of drug-likeness (QED) is 0.466. The summed E-state index contributed by atoms with van der Waals surface area (Å²) in [6, 6.07) is 3.63. The van der Waals surface area contributed by atoms with Gasteiger partial charge in [-0.05, 0) is 17.7 Å². The van der Waals surface area contributed by atoms with E-state index < -0.39 is 0 Å². The number of aromatic nitrogens is 1. The van der Waals surface area contributed by atoms with Crippen molar-refractivity contribution in [3.63, 3.8) is 0 Å². The second-order valence-corrected chi connectivity index (χ2v) is 2.87. The summed E-state index contributed by atoms with van der Waals surface area (Å²) in [5.41, 5.74) is 1.83. The molecule has 0 amide bonds. The molecule has 1 aromatic heterocycles. The third-order valence-electron chi connectivity index (χ3n) is 2.02. The highest BCUT2D eigenvalue weighted by Crippen LogP contribution is 2.17.